The summed E-state index contributed by atoms with van der Waals surface area (Å²) in [6.07, 6.45) is 0. The van der Waals surface area contributed by atoms with Crippen molar-refractivity contribution in [1.29, 1.82) is 0 Å². The standard InChI is InChI=1S/C23H22FN3OS2/c1-15(23-25-18-6-3-4-7-19(18)30-23)27(2)14-21(28)26-22(20-8-5-13-29-20)16-9-11-17(24)12-10-16/h3-13,15,22H,14H2,1-2H3,(H,26,28). The van der Waals surface area contributed by atoms with Crippen molar-refractivity contribution in [1.82, 2.24) is 15.2 Å². The lowest BCUT2D eigenvalue weighted by Gasteiger charge is -2.24. The van der Waals surface area contributed by atoms with Crippen molar-refractivity contribution in [3.05, 3.63) is 87.3 Å². The number of aromatic nitrogens is 1. The first kappa shape index (κ1) is 20.7. The first-order chi connectivity index (χ1) is 14.5. The van der Waals surface area contributed by atoms with Gasteiger partial charge in [-0.1, -0.05) is 30.3 Å². The molecule has 7 heteroatoms. The van der Waals surface area contributed by atoms with E-state index in [1.165, 1.54) is 12.1 Å². The maximum absolute atomic E-state index is 13.4. The number of benzene rings is 2. The highest BCUT2D eigenvalue weighted by Crippen LogP contribution is 2.29. The maximum Gasteiger partial charge on any atom is 0.234 e. The summed E-state index contributed by atoms with van der Waals surface area (Å²) in [5.74, 6) is -0.382. The van der Waals surface area contributed by atoms with Gasteiger partial charge in [-0.3, -0.25) is 9.69 Å². The lowest BCUT2D eigenvalue weighted by atomic mass is 10.1. The molecule has 0 saturated carbocycles. The maximum atomic E-state index is 13.4. The summed E-state index contributed by atoms with van der Waals surface area (Å²) >= 11 is 3.22. The van der Waals surface area contributed by atoms with Gasteiger partial charge in [0.15, 0.2) is 0 Å². The summed E-state index contributed by atoms with van der Waals surface area (Å²) in [7, 11) is 1.92. The summed E-state index contributed by atoms with van der Waals surface area (Å²) in [5.41, 5.74) is 1.84. The fraction of sp³-hybridized carbons (Fsp3) is 0.217. The molecule has 0 bridgehead atoms. The molecule has 0 aliphatic carbocycles. The van der Waals surface area contributed by atoms with E-state index >= 15 is 0 Å². The lowest BCUT2D eigenvalue weighted by molar-refractivity contribution is -0.122. The van der Waals surface area contributed by atoms with Crippen LogP contribution in [0.2, 0.25) is 0 Å². The Balaban J connectivity index is 1.46. The van der Waals surface area contributed by atoms with E-state index in [1.54, 1.807) is 34.8 Å². The zero-order valence-corrected chi connectivity index (χ0v) is 18.3. The van der Waals surface area contributed by atoms with Gasteiger partial charge in [0.1, 0.15) is 10.8 Å². The summed E-state index contributed by atoms with van der Waals surface area (Å²) in [5, 5.41) is 6.07. The molecule has 1 N–H and O–H groups in total. The second kappa shape index (κ2) is 9.04. The molecule has 2 atom stereocenters. The highest BCUT2D eigenvalue weighted by molar-refractivity contribution is 7.18. The van der Waals surface area contributed by atoms with Crippen LogP contribution in [-0.2, 0) is 4.79 Å². The summed E-state index contributed by atoms with van der Waals surface area (Å²) in [6.45, 7) is 2.29. The molecular weight excluding hydrogens is 417 g/mol. The zero-order chi connectivity index (χ0) is 21.1. The predicted octanol–water partition coefficient (Wildman–Crippen LogP) is 5.40. The van der Waals surface area contributed by atoms with Crippen LogP contribution in [0.15, 0.2) is 66.0 Å². The molecular formula is C23H22FN3OS2. The smallest absolute Gasteiger partial charge is 0.234 e. The third-order valence-electron chi connectivity index (χ3n) is 5.06. The molecule has 2 aromatic heterocycles. The van der Waals surface area contributed by atoms with Gasteiger partial charge in [-0.2, -0.15) is 0 Å². The van der Waals surface area contributed by atoms with E-state index in [1.807, 2.05) is 47.7 Å². The van der Waals surface area contributed by atoms with E-state index in [9.17, 15) is 9.18 Å². The van der Waals surface area contributed by atoms with Crippen LogP contribution in [0.4, 0.5) is 4.39 Å². The topological polar surface area (TPSA) is 45.2 Å². The summed E-state index contributed by atoms with van der Waals surface area (Å²) in [6, 6.07) is 18.0. The minimum absolute atomic E-state index is 0.0131. The number of halogens is 1. The molecule has 0 aliphatic rings. The second-order valence-electron chi connectivity index (χ2n) is 7.18. The van der Waals surface area contributed by atoms with Crippen LogP contribution >= 0.6 is 22.7 Å². The van der Waals surface area contributed by atoms with Crippen molar-refractivity contribution in [3.8, 4) is 0 Å². The molecule has 2 unspecified atom stereocenters. The van der Waals surface area contributed by atoms with Crippen molar-refractivity contribution in [3.63, 3.8) is 0 Å². The number of fused-ring (bicyclic) bond motifs is 1. The molecule has 0 spiro atoms. The van der Waals surface area contributed by atoms with Crippen molar-refractivity contribution >= 4 is 38.8 Å². The summed E-state index contributed by atoms with van der Waals surface area (Å²) < 4.78 is 14.5. The number of nitrogens with one attached hydrogen (secondary N) is 1. The van der Waals surface area contributed by atoms with Crippen molar-refractivity contribution in [2.45, 2.75) is 19.0 Å². The molecule has 4 nitrogen and oxygen atoms in total. The van der Waals surface area contributed by atoms with Crippen LogP contribution in [0, 0.1) is 5.82 Å². The number of hydrogen-bond donors (Lipinski definition) is 1. The van der Waals surface area contributed by atoms with E-state index < -0.39 is 0 Å². The van der Waals surface area contributed by atoms with E-state index in [-0.39, 0.29) is 30.4 Å². The predicted molar refractivity (Wildman–Crippen MR) is 121 cm³/mol. The monoisotopic (exact) mass is 439 g/mol. The molecule has 0 radical (unpaired) electrons. The Morgan fingerprint density at radius 1 is 1.13 bits per heavy atom. The van der Waals surface area contributed by atoms with Gasteiger partial charge in [0.05, 0.1) is 28.8 Å². The largest absolute Gasteiger partial charge is 0.343 e. The number of para-hydroxylation sites is 1. The minimum Gasteiger partial charge on any atom is -0.343 e. The Kier molecular flexibility index (Phi) is 6.22. The minimum atomic E-state index is -0.302. The second-order valence-corrected chi connectivity index (χ2v) is 9.22. The fourth-order valence-corrected chi connectivity index (χ4v) is 5.14. The molecule has 4 aromatic rings. The van der Waals surface area contributed by atoms with Crippen molar-refractivity contribution in [2.75, 3.05) is 13.6 Å². The van der Waals surface area contributed by atoms with E-state index in [0.29, 0.717) is 0 Å². The Labute approximate surface area is 183 Å². The highest BCUT2D eigenvalue weighted by atomic mass is 32.1. The van der Waals surface area contributed by atoms with Gasteiger partial charge >= 0.3 is 0 Å². The molecule has 0 aliphatic heterocycles. The number of carbonyl (C=O) groups is 1. The third kappa shape index (κ3) is 4.59. The average molecular weight is 440 g/mol. The van der Waals surface area contributed by atoms with Gasteiger partial charge in [0.2, 0.25) is 5.91 Å². The molecule has 2 aromatic carbocycles. The Morgan fingerprint density at radius 2 is 1.90 bits per heavy atom. The first-order valence-corrected chi connectivity index (χ1v) is 11.3. The average Bonchev–Trinajstić information content (AvgIpc) is 3.42. The molecule has 2 heterocycles. The number of hydrogen-bond acceptors (Lipinski definition) is 5. The number of thiazole rings is 1. The number of thiophene rings is 1. The Hall–Kier alpha value is -2.61. The quantitative estimate of drug-likeness (QED) is 0.420. The van der Waals surface area contributed by atoms with Gasteiger partial charge < -0.3 is 5.32 Å². The van der Waals surface area contributed by atoms with Gasteiger partial charge in [0, 0.05) is 4.88 Å². The van der Waals surface area contributed by atoms with Crippen LogP contribution < -0.4 is 5.32 Å². The van der Waals surface area contributed by atoms with Crippen LogP contribution in [0.25, 0.3) is 10.2 Å². The molecule has 1 amide bonds. The number of amides is 1. The lowest BCUT2D eigenvalue weighted by Crippen LogP contribution is -2.38. The SMILES string of the molecule is CC(c1nc2ccccc2s1)N(C)CC(=O)NC(c1ccc(F)cc1)c1cccs1. The summed E-state index contributed by atoms with van der Waals surface area (Å²) in [4.78, 5) is 20.6. The molecule has 0 fully saturated rings. The number of carbonyl (C=O) groups excluding carboxylic acids is 1. The highest BCUT2D eigenvalue weighted by Gasteiger charge is 2.22. The number of rotatable bonds is 7. The van der Waals surface area contributed by atoms with E-state index in [4.69, 9.17) is 4.98 Å². The van der Waals surface area contributed by atoms with Crippen LogP contribution in [0.5, 0.6) is 0 Å². The zero-order valence-electron chi connectivity index (χ0n) is 16.7. The normalized spacial score (nSPS) is 13.5. The van der Waals surface area contributed by atoms with Crippen molar-refractivity contribution in [2.24, 2.45) is 0 Å². The number of likely N-dealkylation sites (N-methyl/N-ethyl adjacent to an activating group) is 1. The Morgan fingerprint density at radius 3 is 2.60 bits per heavy atom. The van der Waals surface area contributed by atoms with E-state index in [0.717, 1.165) is 25.7 Å². The van der Waals surface area contributed by atoms with Crippen LogP contribution in [-0.4, -0.2) is 29.4 Å². The van der Waals surface area contributed by atoms with Gasteiger partial charge in [-0.15, -0.1) is 22.7 Å². The number of nitrogens with zero attached hydrogens (tertiary/aromatic N) is 2. The van der Waals surface area contributed by atoms with Crippen LogP contribution in [0.3, 0.4) is 0 Å². The Bertz CT molecular complexity index is 1090. The van der Waals surface area contributed by atoms with E-state index in [2.05, 4.69) is 18.3 Å². The molecule has 4 rings (SSSR count). The van der Waals surface area contributed by atoms with Crippen molar-refractivity contribution < 1.29 is 9.18 Å². The van der Waals surface area contributed by atoms with Crippen LogP contribution in [0.1, 0.15) is 34.5 Å². The molecule has 0 saturated heterocycles. The fourth-order valence-electron chi connectivity index (χ4n) is 3.26. The van der Waals surface area contributed by atoms with Gasteiger partial charge in [-0.25, -0.2) is 9.37 Å². The first-order valence-electron chi connectivity index (χ1n) is 9.65. The van der Waals surface area contributed by atoms with Gasteiger partial charge in [-0.05, 0) is 55.2 Å². The molecule has 30 heavy (non-hydrogen) atoms. The molecule has 154 valence electrons. The van der Waals surface area contributed by atoms with Gasteiger partial charge in [0.25, 0.3) is 0 Å². The third-order valence-corrected chi connectivity index (χ3v) is 7.20.